The second-order valence-electron chi connectivity index (χ2n) is 4.32. The summed E-state index contributed by atoms with van der Waals surface area (Å²) in [6.45, 7) is 5.91. The van der Waals surface area contributed by atoms with Gasteiger partial charge in [-0.25, -0.2) is 10.8 Å². The Morgan fingerprint density at radius 2 is 2.05 bits per heavy atom. The summed E-state index contributed by atoms with van der Waals surface area (Å²) in [6.07, 6.45) is 0.682. The van der Waals surface area contributed by atoms with Crippen LogP contribution in [0.4, 0.5) is 5.82 Å². The molecule has 7 nitrogen and oxygen atoms in total. The number of likely N-dealkylation sites (N-methyl/N-ethyl adjacent to an activating group) is 1. The average Bonchev–Trinajstić information content (AvgIpc) is 2.46. The maximum absolute atomic E-state index is 12.1. The van der Waals surface area contributed by atoms with Gasteiger partial charge in [0.15, 0.2) is 0 Å². The second-order valence-corrected chi connectivity index (χ2v) is 4.32. The Kier molecular flexibility index (Phi) is 5.92. The fraction of sp³-hybridized carbons (Fsp3) is 0.462. The van der Waals surface area contributed by atoms with Crippen molar-refractivity contribution >= 4 is 17.6 Å². The van der Waals surface area contributed by atoms with Gasteiger partial charge in [0.1, 0.15) is 11.9 Å². The number of nitrogen functional groups attached to an aromatic ring is 1. The van der Waals surface area contributed by atoms with E-state index in [9.17, 15) is 9.59 Å². The molecule has 0 saturated carbocycles. The van der Waals surface area contributed by atoms with Crippen LogP contribution >= 0.6 is 0 Å². The molecule has 1 aromatic heterocycles. The third-order valence-electron chi connectivity index (χ3n) is 2.74. The molecule has 20 heavy (non-hydrogen) atoms. The SMILES string of the molecule is CCNC(=O)C(C)NC(=O)c1cc(CC)nc(NN)c1. The molecule has 0 aliphatic carbocycles. The van der Waals surface area contributed by atoms with E-state index < -0.39 is 6.04 Å². The number of hydrogen-bond donors (Lipinski definition) is 4. The zero-order valence-electron chi connectivity index (χ0n) is 12.0. The first-order chi connectivity index (χ1) is 9.51. The Morgan fingerprint density at radius 1 is 1.35 bits per heavy atom. The van der Waals surface area contributed by atoms with Crippen molar-refractivity contribution in [2.45, 2.75) is 33.2 Å². The predicted molar refractivity (Wildman–Crippen MR) is 77.0 cm³/mol. The van der Waals surface area contributed by atoms with Gasteiger partial charge < -0.3 is 16.1 Å². The van der Waals surface area contributed by atoms with Crippen LogP contribution in [0.25, 0.3) is 0 Å². The molecule has 1 atom stereocenters. The third kappa shape index (κ3) is 4.20. The Hall–Kier alpha value is -2.15. The van der Waals surface area contributed by atoms with Gasteiger partial charge >= 0.3 is 0 Å². The molecule has 1 unspecified atom stereocenters. The van der Waals surface area contributed by atoms with Crippen LogP contribution < -0.4 is 21.9 Å². The quantitative estimate of drug-likeness (QED) is 0.439. The molecule has 5 N–H and O–H groups in total. The lowest BCUT2D eigenvalue weighted by Crippen LogP contribution is -2.44. The molecule has 1 heterocycles. The van der Waals surface area contributed by atoms with Gasteiger partial charge in [0.2, 0.25) is 5.91 Å². The van der Waals surface area contributed by atoms with Crippen LogP contribution in [0.2, 0.25) is 0 Å². The number of nitrogens with zero attached hydrogens (tertiary/aromatic N) is 1. The number of hydrogen-bond acceptors (Lipinski definition) is 5. The number of hydrazine groups is 1. The lowest BCUT2D eigenvalue weighted by molar-refractivity contribution is -0.122. The fourth-order valence-corrected chi connectivity index (χ4v) is 1.65. The van der Waals surface area contributed by atoms with E-state index in [0.29, 0.717) is 24.3 Å². The van der Waals surface area contributed by atoms with Gasteiger partial charge in [-0.3, -0.25) is 9.59 Å². The van der Waals surface area contributed by atoms with E-state index in [-0.39, 0.29) is 11.8 Å². The molecule has 0 bridgehead atoms. The highest BCUT2D eigenvalue weighted by molar-refractivity contribution is 5.98. The summed E-state index contributed by atoms with van der Waals surface area (Å²) < 4.78 is 0. The Balaban J connectivity index is 2.84. The number of amides is 2. The lowest BCUT2D eigenvalue weighted by atomic mass is 10.1. The topological polar surface area (TPSA) is 109 Å². The monoisotopic (exact) mass is 279 g/mol. The average molecular weight is 279 g/mol. The van der Waals surface area contributed by atoms with Crippen LogP contribution in [0.1, 0.15) is 36.8 Å². The summed E-state index contributed by atoms with van der Waals surface area (Å²) >= 11 is 0. The van der Waals surface area contributed by atoms with E-state index in [4.69, 9.17) is 5.84 Å². The van der Waals surface area contributed by atoms with Crippen molar-refractivity contribution in [3.05, 3.63) is 23.4 Å². The maximum Gasteiger partial charge on any atom is 0.252 e. The molecule has 0 aromatic carbocycles. The molecular formula is C13H21N5O2. The molecule has 0 aliphatic heterocycles. The molecule has 0 fully saturated rings. The van der Waals surface area contributed by atoms with Gasteiger partial charge in [0.05, 0.1) is 0 Å². The van der Waals surface area contributed by atoms with Crippen molar-refractivity contribution in [3.63, 3.8) is 0 Å². The molecule has 0 radical (unpaired) electrons. The van der Waals surface area contributed by atoms with Crippen LogP contribution in [-0.4, -0.2) is 29.4 Å². The number of carbonyl (C=O) groups is 2. The van der Waals surface area contributed by atoms with Crippen molar-refractivity contribution in [1.29, 1.82) is 0 Å². The lowest BCUT2D eigenvalue weighted by Gasteiger charge is -2.14. The van der Waals surface area contributed by atoms with E-state index in [0.717, 1.165) is 5.69 Å². The first-order valence-corrected chi connectivity index (χ1v) is 6.57. The van der Waals surface area contributed by atoms with Crippen molar-refractivity contribution in [2.24, 2.45) is 5.84 Å². The zero-order chi connectivity index (χ0) is 15.1. The van der Waals surface area contributed by atoms with Gasteiger partial charge in [-0.05, 0) is 32.4 Å². The van der Waals surface area contributed by atoms with Gasteiger partial charge in [-0.15, -0.1) is 0 Å². The van der Waals surface area contributed by atoms with Crippen LogP contribution in [0, 0.1) is 0 Å². The molecule has 0 saturated heterocycles. The molecule has 2 amide bonds. The number of nitrogens with one attached hydrogen (secondary N) is 3. The number of pyridine rings is 1. The second kappa shape index (κ2) is 7.44. The van der Waals surface area contributed by atoms with E-state index in [2.05, 4.69) is 21.0 Å². The number of rotatable bonds is 6. The van der Waals surface area contributed by atoms with Crippen LogP contribution in [0.5, 0.6) is 0 Å². The zero-order valence-corrected chi connectivity index (χ0v) is 12.0. The van der Waals surface area contributed by atoms with E-state index in [1.165, 1.54) is 0 Å². The van der Waals surface area contributed by atoms with Crippen LogP contribution in [-0.2, 0) is 11.2 Å². The molecule has 1 rings (SSSR count). The summed E-state index contributed by atoms with van der Waals surface area (Å²) in [5.41, 5.74) is 3.59. The molecule has 0 aliphatic rings. The number of anilines is 1. The number of aryl methyl sites for hydroxylation is 1. The minimum absolute atomic E-state index is 0.220. The van der Waals surface area contributed by atoms with E-state index >= 15 is 0 Å². The molecule has 7 heteroatoms. The Labute approximate surface area is 118 Å². The molecular weight excluding hydrogens is 258 g/mol. The summed E-state index contributed by atoms with van der Waals surface area (Å²) in [6, 6.07) is 2.62. The van der Waals surface area contributed by atoms with Gasteiger partial charge in [0, 0.05) is 17.8 Å². The highest BCUT2D eigenvalue weighted by atomic mass is 16.2. The van der Waals surface area contributed by atoms with Crippen LogP contribution in [0.3, 0.4) is 0 Å². The van der Waals surface area contributed by atoms with E-state index in [1.54, 1.807) is 19.1 Å². The smallest absolute Gasteiger partial charge is 0.252 e. The molecule has 110 valence electrons. The maximum atomic E-state index is 12.1. The number of nitrogens with two attached hydrogens (primary N) is 1. The van der Waals surface area contributed by atoms with Gasteiger partial charge in [-0.2, -0.15) is 0 Å². The van der Waals surface area contributed by atoms with Crippen molar-refractivity contribution in [3.8, 4) is 0 Å². The third-order valence-corrected chi connectivity index (χ3v) is 2.74. The number of aromatic nitrogens is 1. The predicted octanol–water partition coefficient (Wildman–Crippen LogP) is 0.184. The highest BCUT2D eigenvalue weighted by Crippen LogP contribution is 2.10. The summed E-state index contributed by atoms with van der Waals surface area (Å²) in [5, 5.41) is 5.28. The van der Waals surface area contributed by atoms with Crippen molar-refractivity contribution < 1.29 is 9.59 Å². The Bertz CT molecular complexity index is 467. The van der Waals surface area contributed by atoms with E-state index in [1.807, 2.05) is 13.8 Å². The minimum Gasteiger partial charge on any atom is -0.355 e. The van der Waals surface area contributed by atoms with Crippen LogP contribution in [0.15, 0.2) is 12.1 Å². The standard InChI is InChI=1S/C13H21N5O2/c1-4-10-6-9(7-11(17-10)18-14)13(20)16-8(3)12(19)15-5-2/h6-8H,4-5,14H2,1-3H3,(H,15,19)(H,16,20)(H,17,18). The Morgan fingerprint density at radius 3 is 2.60 bits per heavy atom. The summed E-state index contributed by atoms with van der Waals surface area (Å²) in [4.78, 5) is 27.9. The first kappa shape index (κ1) is 15.9. The molecule has 0 spiro atoms. The molecule has 1 aromatic rings. The van der Waals surface area contributed by atoms with Crippen molar-refractivity contribution in [2.75, 3.05) is 12.0 Å². The van der Waals surface area contributed by atoms with Gasteiger partial charge in [0.25, 0.3) is 5.91 Å². The fourth-order valence-electron chi connectivity index (χ4n) is 1.65. The summed E-state index contributed by atoms with van der Waals surface area (Å²) in [7, 11) is 0. The minimum atomic E-state index is -0.602. The normalized spacial score (nSPS) is 11.6. The van der Waals surface area contributed by atoms with Crippen molar-refractivity contribution in [1.82, 2.24) is 15.6 Å². The summed E-state index contributed by atoms with van der Waals surface area (Å²) in [5.74, 6) is 5.18. The number of carbonyl (C=O) groups excluding carboxylic acids is 2. The highest BCUT2D eigenvalue weighted by Gasteiger charge is 2.16. The first-order valence-electron chi connectivity index (χ1n) is 6.57. The van der Waals surface area contributed by atoms with Gasteiger partial charge in [-0.1, -0.05) is 6.92 Å². The largest absolute Gasteiger partial charge is 0.355 e.